The monoisotopic (exact) mass is 255 g/mol. The van der Waals surface area contributed by atoms with Crippen LogP contribution in [0.15, 0.2) is 28.7 Å². The minimum Gasteiger partial charge on any atom is -0.381 e. The van der Waals surface area contributed by atoms with Gasteiger partial charge in [-0.05, 0) is 29.2 Å². The van der Waals surface area contributed by atoms with E-state index in [9.17, 15) is 0 Å². The van der Waals surface area contributed by atoms with Gasteiger partial charge in [0.15, 0.2) is 5.82 Å². The molecular weight excluding hydrogens is 250 g/mol. The SMILES string of the molecule is Nc1nnsc1-c1ccc(Br)cc1. The summed E-state index contributed by atoms with van der Waals surface area (Å²) in [5.41, 5.74) is 6.69. The molecule has 0 aliphatic heterocycles. The molecule has 66 valence electrons. The standard InChI is InChI=1S/C8H6BrN3S/c9-6-3-1-5(2-4-6)7-8(10)11-12-13-7/h1-4H,10H2. The Morgan fingerprint density at radius 1 is 1.23 bits per heavy atom. The number of anilines is 1. The van der Waals surface area contributed by atoms with Crippen LogP contribution in [0.25, 0.3) is 10.4 Å². The summed E-state index contributed by atoms with van der Waals surface area (Å²) < 4.78 is 4.82. The molecular formula is C8H6BrN3S. The minimum atomic E-state index is 0.493. The average molecular weight is 256 g/mol. The molecule has 0 spiro atoms. The van der Waals surface area contributed by atoms with Crippen LogP contribution in [0, 0.1) is 0 Å². The lowest BCUT2D eigenvalue weighted by atomic mass is 10.2. The summed E-state index contributed by atoms with van der Waals surface area (Å²) in [6.45, 7) is 0. The molecule has 3 nitrogen and oxygen atoms in total. The molecule has 13 heavy (non-hydrogen) atoms. The van der Waals surface area contributed by atoms with Crippen LogP contribution in [-0.2, 0) is 0 Å². The Labute approximate surface area is 87.9 Å². The van der Waals surface area contributed by atoms with Gasteiger partial charge in [0.25, 0.3) is 0 Å². The second kappa shape index (κ2) is 3.43. The van der Waals surface area contributed by atoms with E-state index in [1.807, 2.05) is 24.3 Å². The van der Waals surface area contributed by atoms with Gasteiger partial charge in [-0.25, -0.2) is 0 Å². The highest BCUT2D eigenvalue weighted by atomic mass is 79.9. The Morgan fingerprint density at radius 3 is 2.46 bits per heavy atom. The number of hydrogen-bond acceptors (Lipinski definition) is 4. The lowest BCUT2D eigenvalue weighted by Gasteiger charge is -1.96. The molecule has 1 heterocycles. The molecule has 2 N–H and O–H groups in total. The number of nitrogens with two attached hydrogens (primary N) is 1. The molecule has 0 fully saturated rings. The van der Waals surface area contributed by atoms with Crippen molar-refractivity contribution in [3.63, 3.8) is 0 Å². The summed E-state index contributed by atoms with van der Waals surface area (Å²) in [4.78, 5) is 0.924. The number of nitrogens with zero attached hydrogens (tertiary/aromatic N) is 2. The molecule has 2 rings (SSSR count). The van der Waals surface area contributed by atoms with Crippen molar-refractivity contribution in [3.05, 3.63) is 28.7 Å². The maximum atomic E-state index is 5.64. The van der Waals surface area contributed by atoms with E-state index in [1.54, 1.807) is 0 Å². The van der Waals surface area contributed by atoms with Crippen LogP contribution in [-0.4, -0.2) is 9.59 Å². The van der Waals surface area contributed by atoms with Gasteiger partial charge >= 0.3 is 0 Å². The molecule has 2 aromatic rings. The van der Waals surface area contributed by atoms with Gasteiger partial charge in [0.2, 0.25) is 0 Å². The number of benzene rings is 1. The van der Waals surface area contributed by atoms with Gasteiger partial charge in [0.1, 0.15) is 0 Å². The number of aromatic nitrogens is 2. The van der Waals surface area contributed by atoms with Gasteiger partial charge in [-0.2, -0.15) is 0 Å². The van der Waals surface area contributed by atoms with E-state index in [-0.39, 0.29) is 0 Å². The third-order valence-corrected chi connectivity index (χ3v) is 2.94. The fraction of sp³-hybridized carbons (Fsp3) is 0. The maximum Gasteiger partial charge on any atom is 0.166 e. The Bertz CT molecular complexity index is 410. The topological polar surface area (TPSA) is 51.8 Å². The highest BCUT2D eigenvalue weighted by molar-refractivity contribution is 9.10. The van der Waals surface area contributed by atoms with E-state index in [4.69, 9.17) is 5.73 Å². The van der Waals surface area contributed by atoms with Crippen molar-refractivity contribution in [2.45, 2.75) is 0 Å². The number of rotatable bonds is 1. The molecule has 0 bridgehead atoms. The first-order valence-electron chi connectivity index (χ1n) is 3.61. The van der Waals surface area contributed by atoms with Crippen molar-refractivity contribution in [3.8, 4) is 10.4 Å². The lowest BCUT2D eigenvalue weighted by Crippen LogP contribution is -1.86. The van der Waals surface area contributed by atoms with Crippen LogP contribution in [0.2, 0.25) is 0 Å². The first-order valence-corrected chi connectivity index (χ1v) is 5.18. The normalized spacial score (nSPS) is 10.2. The molecule has 0 aliphatic carbocycles. The van der Waals surface area contributed by atoms with Crippen LogP contribution in [0.1, 0.15) is 0 Å². The van der Waals surface area contributed by atoms with Crippen LogP contribution >= 0.6 is 27.5 Å². The molecule has 0 saturated carbocycles. The molecule has 0 radical (unpaired) electrons. The molecule has 0 saturated heterocycles. The van der Waals surface area contributed by atoms with E-state index >= 15 is 0 Å². The summed E-state index contributed by atoms with van der Waals surface area (Å²) in [6.07, 6.45) is 0. The molecule has 0 amide bonds. The van der Waals surface area contributed by atoms with E-state index in [2.05, 4.69) is 25.5 Å². The minimum absolute atomic E-state index is 0.493. The Kier molecular flexibility index (Phi) is 2.28. The van der Waals surface area contributed by atoms with E-state index in [1.165, 1.54) is 11.5 Å². The summed E-state index contributed by atoms with van der Waals surface area (Å²) in [6, 6.07) is 7.90. The van der Waals surface area contributed by atoms with Crippen molar-refractivity contribution in [1.29, 1.82) is 0 Å². The number of nitrogen functional groups attached to an aromatic ring is 1. The molecule has 5 heteroatoms. The highest BCUT2D eigenvalue weighted by Gasteiger charge is 2.05. The van der Waals surface area contributed by atoms with Gasteiger partial charge in [0.05, 0.1) is 4.88 Å². The second-order valence-electron chi connectivity index (χ2n) is 2.49. The van der Waals surface area contributed by atoms with Gasteiger partial charge in [-0.1, -0.05) is 32.6 Å². The summed E-state index contributed by atoms with van der Waals surface area (Å²) in [7, 11) is 0. The van der Waals surface area contributed by atoms with Crippen molar-refractivity contribution in [2.24, 2.45) is 0 Å². The maximum absolute atomic E-state index is 5.64. The third kappa shape index (κ3) is 1.71. The molecule has 1 aromatic heterocycles. The molecule has 0 unspecified atom stereocenters. The second-order valence-corrected chi connectivity index (χ2v) is 4.16. The first kappa shape index (κ1) is 8.65. The van der Waals surface area contributed by atoms with Gasteiger partial charge < -0.3 is 5.73 Å². The van der Waals surface area contributed by atoms with Crippen LogP contribution < -0.4 is 5.73 Å². The van der Waals surface area contributed by atoms with Crippen LogP contribution in [0.5, 0.6) is 0 Å². The number of hydrogen-bond donors (Lipinski definition) is 1. The summed E-state index contributed by atoms with van der Waals surface area (Å²) in [5.74, 6) is 0.493. The van der Waals surface area contributed by atoms with Crippen LogP contribution in [0.4, 0.5) is 5.82 Å². The predicted molar refractivity (Wildman–Crippen MR) is 57.5 cm³/mol. The van der Waals surface area contributed by atoms with E-state index in [0.717, 1.165) is 14.9 Å². The average Bonchev–Trinajstić information content (AvgIpc) is 2.53. The zero-order valence-electron chi connectivity index (χ0n) is 6.57. The van der Waals surface area contributed by atoms with Crippen molar-refractivity contribution in [1.82, 2.24) is 9.59 Å². The fourth-order valence-electron chi connectivity index (χ4n) is 0.999. The van der Waals surface area contributed by atoms with E-state index in [0.29, 0.717) is 5.82 Å². The summed E-state index contributed by atoms with van der Waals surface area (Å²) >= 11 is 4.68. The van der Waals surface area contributed by atoms with Crippen LogP contribution in [0.3, 0.4) is 0 Å². The quantitative estimate of drug-likeness (QED) is 0.853. The molecule has 0 atom stereocenters. The van der Waals surface area contributed by atoms with Crippen molar-refractivity contribution < 1.29 is 0 Å². The molecule has 0 aliphatic rings. The smallest absolute Gasteiger partial charge is 0.166 e. The first-order chi connectivity index (χ1) is 6.27. The van der Waals surface area contributed by atoms with E-state index < -0.39 is 0 Å². The van der Waals surface area contributed by atoms with Crippen molar-refractivity contribution >= 4 is 33.3 Å². The zero-order valence-corrected chi connectivity index (χ0v) is 8.97. The Balaban J connectivity index is 2.47. The van der Waals surface area contributed by atoms with Gasteiger partial charge in [-0.3, -0.25) is 0 Å². The Morgan fingerprint density at radius 2 is 1.92 bits per heavy atom. The van der Waals surface area contributed by atoms with Crippen molar-refractivity contribution in [2.75, 3.05) is 5.73 Å². The van der Waals surface area contributed by atoms with Gasteiger partial charge in [-0.15, -0.1) is 5.10 Å². The Hall–Kier alpha value is -0.940. The summed E-state index contributed by atoms with van der Waals surface area (Å²) in [5, 5.41) is 3.75. The van der Waals surface area contributed by atoms with Gasteiger partial charge in [0, 0.05) is 4.47 Å². The molecule has 1 aromatic carbocycles. The lowest BCUT2D eigenvalue weighted by molar-refractivity contribution is 1.17. The predicted octanol–water partition coefficient (Wildman–Crippen LogP) is 2.55. The highest BCUT2D eigenvalue weighted by Crippen LogP contribution is 2.28. The fourth-order valence-corrected chi connectivity index (χ4v) is 1.85. The third-order valence-electron chi connectivity index (χ3n) is 1.62. The zero-order chi connectivity index (χ0) is 9.26. The largest absolute Gasteiger partial charge is 0.381 e. The number of halogens is 1.